The lowest BCUT2D eigenvalue weighted by Gasteiger charge is -2.42. The van der Waals surface area contributed by atoms with Crippen molar-refractivity contribution < 1.29 is 5.11 Å². The highest BCUT2D eigenvalue weighted by Crippen LogP contribution is 2.45. The maximum Gasteiger partial charge on any atom is 0.185 e. The molecule has 3 rings (SSSR count). The third-order valence-corrected chi connectivity index (χ3v) is 4.94. The van der Waals surface area contributed by atoms with E-state index in [2.05, 4.69) is 9.88 Å². The largest absolute Gasteiger partial charge is 0.396 e. The molecule has 2 aliphatic rings. The quantitative estimate of drug-likeness (QED) is 0.894. The van der Waals surface area contributed by atoms with Crippen LogP contribution in [0.5, 0.6) is 0 Å². The third-order valence-electron chi connectivity index (χ3n) is 4.11. The molecule has 17 heavy (non-hydrogen) atoms. The number of piperidine rings is 1. The van der Waals surface area contributed by atoms with Crippen LogP contribution < -0.4 is 4.90 Å². The number of anilines is 1. The van der Waals surface area contributed by atoms with E-state index < -0.39 is 0 Å². The average molecular weight is 252 g/mol. The van der Waals surface area contributed by atoms with Gasteiger partial charge in [-0.1, -0.05) is 12.8 Å². The summed E-state index contributed by atoms with van der Waals surface area (Å²) in [6.07, 6.45) is 8.20. The molecular formula is C13H20N2OS. The Kier molecular flexibility index (Phi) is 3.09. The van der Waals surface area contributed by atoms with Crippen LogP contribution >= 0.6 is 11.3 Å². The summed E-state index contributed by atoms with van der Waals surface area (Å²) in [7, 11) is 0. The molecule has 1 N–H and O–H groups in total. The van der Waals surface area contributed by atoms with Gasteiger partial charge in [0.15, 0.2) is 5.13 Å². The fourth-order valence-electron chi connectivity index (χ4n) is 3.04. The third kappa shape index (κ3) is 2.47. The van der Waals surface area contributed by atoms with Crippen LogP contribution in [0.25, 0.3) is 0 Å². The first kappa shape index (κ1) is 11.5. The summed E-state index contributed by atoms with van der Waals surface area (Å²) in [6, 6.07) is 0. The number of aliphatic hydroxyl groups excluding tert-OH is 1. The number of hydrogen-bond acceptors (Lipinski definition) is 4. The van der Waals surface area contributed by atoms with Crippen molar-refractivity contribution >= 4 is 16.5 Å². The Balaban J connectivity index is 1.72. The van der Waals surface area contributed by atoms with Crippen molar-refractivity contribution in [2.75, 3.05) is 24.6 Å². The van der Waals surface area contributed by atoms with Crippen LogP contribution in [0.1, 0.15) is 32.1 Å². The molecule has 0 radical (unpaired) electrons. The van der Waals surface area contributed by atoms with Crippen molar-refractivity contribution in [1.29, 1.82) is 0 Å². The van der Waals surface area contributed by atoms with Gasteiger partial charge in [0.05, 0.1) is 6.61 Å². The van der Waals surface area contributed by atoms with Crippen molar-refractivity contribution in [1.82, 2.24) is 4.98 Å². The molecule has 0 bridgehead atoms. The second-order valence-corrected chi connectivity index (χ2v) is 6.52. The van der Waals surface area contributed by atoms with Crippen LogP contribution in [0.15, 0.2) is 11.6 Å². The molecule has 2 heterocycles. The highest BCUT2D eigenvalue weighted by Gasteiger charge is 2.40. The van der Waals surface area contributed by atoms with Crippen LogP contribution in [0.3, 0.4) is 0 Å². The van der Waals surface area contributed by atoms with E-state index in [1.807, 2.05) is 11.6 Å². The molecule has 0 unspecified atom stereocenters. The van der Waals surface area contributed by atoms with Crippen LogP contribution in [-0.4, -0.2) is 29.8 Å². The van der Waals surface area contributed by atoms with Gasteiger partial charge in [-0.25, -0.2) is 4.98 Å². The Morgan fingerprint density at radius 1 is 1.53 bits per heavy atom. The number of aliphatic hydroxyl groups is 1. The second-order valence-electron chi connectivity index (χ2n) is 5.65. The summed E-state index contributed by atoms with van der Waals surface area (Å²) in [5.41, 5.74) is 0.144. The molecule has 1 saturated carbocycles. The van der Waals surface area contributed by atoms with Gasteiger partial charge in [-0.05, 0) is 25.2 Å². The molecule has 1 aliphatic carbocycles. The number of nitrogens with zero attached hydrogens (tertiary/aromatic N) is 2. The van der Waals surface area contributed by atoms with Crippen molar-refractivity contribution in [3.8, 4) is 0 Å². The number of hydrogen-bond donors (Lipinski definition) is 1. The summed E-state index contributed by atoms with van der Waals surface area (Å²) in [6.45, 7) is 2.43. The zero-order valence-electron chi connectivity index (χ0n) is 10.1. The Bertz CT molecular complexity index is 364. The maximum absolute atomic E-state index is 9.79. The van der Waals surface area contributed by atoms with Crippen molar-refractivity contribution in [3.63, 3.8) is 0 Å². The van der Waals surface area contributed by atoms with Crippen LogP contribution in [0.2, 0.25) is 0 Å². The Labute approximate surface area is 106 Å². The van der Waals surface area contributed by atoms with Crippen LogP contribution in [0.4, 0.5) is 5.13 Å². The lowest BCUT2D eigenvalue weighted by atomic mass is 9.76. The summed E-state index contributed by atoms with van der Waals surface area (Å²) >= 11 is 1.71. The lowest BCUT2D eigenvalue weighted by Crippen LogP contribution is -2.45. The fraction of sp³-hybridized carbons (Fsp3) is 0.769. The molecule has 1 aliphatic heterocycles. The highest BCUT2D eigenvalue weighted by atomic mass is 32.1. The number of thiazole rings is 1. The van der Waals surface area contributed by atoms with Gasteiger partial charge in [0.1, 0.15) is 0 Å². The molecule has 4 heteroatoms. The van der Waals surface area contributed by atoms with Gasteiger partial charge in [-0.3, -0.25) is 0 Å². The summed E-state index contributed by atoms with van der Waals surface area (Å²) < 4.78 is 0. The van der Waals surface area contributed by atoms with E-state index in [1.165, 1.54) is 32.1 Å². The number of rotatable bonds is 4. The van der Waals surface area contributed by atoms with Gasteiger partial charge in [0.25, 0.3) is 0 Å². The minimum absolute atomic E-state index is 0.144. The fourth-order valence-corrected chi connectivity index (χ4v) is 3.71. The van der Waals surface area contributed by atoms with Gasteiger partial charge < -0.3 is 10.0 Å². The van der Waals surface area contributed by atoms with E-state index in [-0.39, 0.29) is 5.41 Å². The van der Waals surface area contributed by atoms with Crippen molar-refractivity contribution in [2.24, 2.45) is 11.3 Å². The predicted octanol–water partition coefficient (Wildman–Crippen LogP) is 2.52. The first-order valence-corrected chi connectivity index (χ1v) is 7.45. The van der Waals surface area contributed by atoms with E-state index >= 15 is 0 Å². The van der Waals surface area contributed by atoms with Crippen LogP contribution in [-0.2, 0) is 0 Å². The normalized spacial score (nSPS) is 29.6. The van der Waals surface area contributed by atoms with E-state index in [9.17, 15) is 5.11 Å². The Morgan fingerprint density at radius 2 is 2.41 bits per heavy atom. The van der Waals surface area contributed by atoms with Gasteiger partial charge in [0.2, 0.25) is 0 Å². The molecule has 1 aromatic heterocycles. The van der Waals surface area contributed by atoms with Gasteiger partial charge in [-0.15, -0.1) is 11.3 Å². The van der Waals surface area contributed by atoms with Crippen LogP contribution in [0, 0.1) is 11.3 Å². The first-order valence-electron chi connectivity index (χ1n) is 6.57. The number of aromatic nitrogens is 1. The summed E-state index contributed by atoms with van der Waals surface area (Å²) in [5, 5.41) is 12.9. The molecular weight excluding hydrogens is 232 g/mol. The van der Waals surface area contributed by atoms with Crippen molar-refractivity contribution in [3.05, 3.63) is 11.6 Å². The zero-order valence-corrected chi connectivity index (χ0v) is 11.0. The van der Waals surface area contributed by atoms with Gasteiger partial charge in [0, 0.05) is 30.1 Å². The molecule has 94 valence electrons. The van der Waals surface area contributed by atoms with E-state index in [1.54, 1.807) is 11.3 Å². The molecule has 0 spiro atoms. The van der Waals surface area contributed by atoms with Gasteiger partial charge in [-0.2, -0.15) is 0 Å². The molecule has 2 fully saturated rings. The van der Waals surface area contributed by atoms with Crippen molar-refractivity contribution in [2.45, 2.75) is 32.1 Å². The standard InChI is InChI=1S/C13H20N2OS/c16-10-13(8-11-2-3-11)4-1-6-15(9-13)12-14-5-7-17-12/h5,7,11,16H,1-4,6,8-10H2/t13-/m0/s1. The Morgan fingerprint density at radius 3 is 3.06 bits per heavy atom. The summed E-state index contributed by atoms with van der Waals surface area (Å²) in [4.78, 5) is 6.77. The SMILES string of the molecule is OC[C@]1(CC2CC2)CCCN(c2nccs2)C1. The highest BCUT2D eigenvalue weighted by molar-refractivity contribution is 7.13. The molecule has 1 atom stereocenters. The zero-order chi connectivity index (χ0) is 11.7. The minimum Gasteiger partial charge on any atom is -0.396 e. The monoisotopic (exact) mass is 252 g/mol. The molecule has 0 amide bonds. The first-order chi connectivity index (χ1) is 8.31. The minimum atomic E-state index is 0.144. The predicted molar refractivity (Wildman–Crippen MR) is 70.4 cm³/mol. The van der Waals surface area contributed by atoms with E-state index in [0.717, 1.165) is 24.1 Å². The smallest absolute Gasteiger partial charge is 0.185 e. The molecule has 0 aromatic carbocycles. The molecule has 1 aromatic rings. The molecule has 1 saturated heterocycles. The maximum atomic E-state index is 9.79. The lowest BCUT2D eigenvalue weighted by molar-refractivity contribution is 0.0904. The Hall–Kier alpha value is -0.610. The molecule has 3 nitrogen and oxygen atoms in total. The van der Waals surface area contributed by atoms with Gasteiger partial charge >= 0.3 is 0 Å². The van der Waals surface area contributed by atoms with E-state index in [4.69, 9.17) is 0 Å². The second kappa shape index (κ2) is 4.58. The topological polar surface area (TPSA) is 36.4 Å². The van der Waals surface area contributed by atoms with E-state index in [0.29, 0.717) is 6.61 Å². The average Bonchev–Trinajstić information content (AvgIpc) is 2.99. The summed E-state index contributed by atoms with van der Waals surface area (Å²) in [5.74, 6) is 0.887.